The van der Waals surface area contributed by atoms with Crippen molar-refractivity contribution in [3.63, 3.8) is 0 Å². The maximum Gasteiger partial charge on any atom is 0.259 e. The van der Waals surface area contributed by atoms with Gasteiger partial charge in [0, 0.05) is 61.5 Å². The Morgan fingerprint density at radius 2 is 1.78 bits per heavy atom. The molecule has 1 N–H and O–H groups in total. The van der Waals surface area contributed by atoms with E-state index in [1.165, 1.54) is 11.0 Å². The van der Waals surface area contributed by atoms with Crippen LogP contribution in [0.15, 0.2) is 82.3 Å². The van der Waals surface area contributed by atoms with Crippen LogP contribution in [0.25, 0.3) is 38.5 Å². The largest absolute Gasteiger partial charge is 0.456 e. The van der Waals surface area contributed by atoms with Crippen molar-refractivity contribution >= 4 is 44.4 Å². The molecule has 3 aromatic heterocycles. The summed E-state index contributed by atoms with van der Waals surface area (Å²) in [5, 5.41) is 5.05. The fraction of sp³-hybridized carbons (Fsp3) is 0.250. The molecule has 4 heterocycles. The standard InChI is InChI=1S/C36H34FN5O4/c1-40(2)16-9-8-15-39-32-27(37)18-25-33-35(32)46-31-19-24-23-11-4-5-12-29(23)45-30(24)20-28(31)42(33)21-26(34(25)43)36(44)41(3)17-13-22-10-6-7-14-38-22/h4-7,10-12,14,18-21,39H,8-9,13,15-17H2,1-3H3. The molecule has 6 aromatic rings. The maximum atomic E-state index is 15.9. The molecule has 0 saturated heterocycles. The first-order chi connectivity index (χ1) is 22.3. The molecule has 0 unspecified atom stereocenters. The van der Waals surface area contributed by atoms with Gasteiger partial charge in [0.25, 0.3) is 5.91 Å². The number of hydrogen-bond donors (Lipinski definition) is 1. The van der Waals surface area contributed by atoms with E-state index in [-0.39, 0.29) is 22.4 Å². The molecule has 0 saturated carbocycles. The van der Waals surface area contributed by atoms with E-state index >= 15 is 4.39 Å². The summed E-state index contributed by atoms with van der Waals surface area (Å²) in [5.41, 5.74) is 2.70. The number of aromatic nitrogens is 2. The molecule has 46 heavy (non-hydrogen) atoms. The second-order valence-corrected chi connectivity index (χ2v) is 12.0. The number of benzene rings is 3. The molecular weight excluding hydrogens is 585 g/mol. The number of para-hydroxylation sites is 1. The third-order valence-electron chi connectivity index (χ3n) is 8.47. The lowest BCUT2D eigenvalue weighted by Crippen LogP contribution is -2.33. The minimum atomic E-state index is -0.620. The summed E-state index contributed by atoms with van der Waals surface area (Å²) in [5.74, 6) is -0.416. The van der Waals surface area contributed by atoms with Gasteiger partial charge in [0.1, 0.15) is 27.9 Å². The highest BCUT2D eigenvalue weighted by atomic mass is 19.1. The van der Waals surface area contributed by atoms with Crippen molar-refractivity contribution in [2.45, 2.75) is 19.3 Å². The van der Waals surface area contributed by atoms with Crippen LogP contribution >= 0.6 is 0 Å². The topological polar surface area (TPSA) is 92.8 Å². The van der Waals surface area contributed by atoms with Gasteiger partial charge in [-0.05, 0) is 63.8 Å². The number of ether oxygens (including phenoxy) is 1. The summed E-state index contributed by atoms with van der Waals surface area (Å²) in [6.45, 7) is 1.79. The van der Waals surface area contributed by atoms with Crippen LogP contribution < -0.4 is 15.5 Å². The number of nitrogens with one attached hydrogen (secondary N) is 1. The van der Waals surface area contributed by atoms with Crippen LogP contribution in [0, 0.1) is 5.82 Å². The molecule has 10 heteroatoms. The van der Waals surface area contributed by atoms with Crippen molar-refractivity contribution in [3.8, 4) is 17.2 Å². The predicted octanol–water partition coefficient (Wildman–Crippen LogP) is 6.60. The zero-order valence-corrected chi connectivity index (χ0v) is 26.0. The smallest absolute Gasteiger partial charge is 0.259 e. The average molecular weight is 620 g/mol. The minimum Gasteiger partial charge on any atom is -0.456 e. The Bertz CT molecular complexity index is 2170. The first kappa shape index (κ1) is 29.5. The SMILES string of the molecule is CN(C)CCCCNc1c(F)cc2c(=O)c(C(=O)N(C)CCc3ccccn3)cn3c2c1Oc1cc2c(cc1-3)oc1ccccc12. The molecule has 0 atom stereocenters. The van der Waals surface area contributed by atoms with Crippen molar-refractivity contribution in [2.24, 2.45) is 0 Å². The minimum absolute atomic E-state index is 0.0602. The van der Waals surface area contributed by atoms with Gasteiger partial charge in [0.2, 0.25) is 5.43 Å². The fourth-order valence-corrected chi connectivity index (χ4v) is 6.06. The van der Waals surface area contributed by atoms with Crippen molar-refractivity contribution in [2.75, 3.05) is 46.1 Å². The van der Waals surface area contributed by atoms with E-state index in [9.17, 15) is 9.59 Å². The number of nitrogens with zero attached hydrogens (tertiary/aromatic N) is 4. The molecule has 3 aromatic carbocycles. The Labute approximate surface area is 264 Å². The summed E-state index contributed by atoms with van der Waals surface area (Å²) >= 11 is 0. The Kier molecular flexibility index (Phi) is 7.66. The highest BCUT2D eigenvalue weighted by Gasteiger charge is 2.30. The van der Waals surface area contributed by atoms with Crippen LogP contribution in [0.4, 0.5) is 10.1 Å². The van der Waals surface area contributed by atoms with E-state index < -0.39 is 17.2 Å². The lowest BCUT2D eigenvalue weighted by molar-refractivity contribution is 0.0794. The molecule has 0 bridgehead atoms. The third kappa shape index (κ3) is 5.24. The Morgan fingerprint density at radius 1 is 0.957 bits per heavy atom. The summed E-state index contributed by atoms with van der Waals surface area (Å²) < 4.78 is 30.3. The van der Waals surface area contributed by atoms with Crippen LogP contribution in [0.1, 0.15) is 28.9 Å². The lowest BCUT2D eigenvalue weighted by Gasteiger charge is -2.27. The van der Waals surface area contributed by atoms with Gasteiger partial charge >= 0.3 is 0 Å². The molecule has 7 rings (SSSR count). The molecule has 234 valence electrons. The van der Waals surface area contributed by atoms with Gasteiger partial charge in [0.05, 0.1) is 11.1 Å². The number of furan rings is 1. The van der Waals surface area contributed by atoms with Gasteiger partial charge in [-0.25, -0.2) is 4.39 Å². The predicted molar refractivity (Wildman–Crippen MR) is 178 cm³/mol. The van der Waals surface area contributed by atoms with E-state index in [0.717, 1.165) is 41.4 Å². The molecular formula is C36H34FN5O4. The number of halogens is 1. The Morgan fingerprint density at radius 3 is 2.59 bits per heavy atom. The number of carbonyl (C=O) groups is 1. The number of hydrogen-bond acceptors (Lipinski definition) is 7. The number of anilines is 1. The van der Waals surface area contributed by atoms with E-state index in [4.69, 9.17) is 9.15 Å². The summed E-state index contributed by atoms with van der Waals surface area (Å²) in [4.78, 5) is 35.6. The summed E-state index contributed by atoms with van der Waals surface area (Å²) in [6.07, 6.45) is 5.52. The molecule has 0 radical (unpaired) electrons. The van der Waals surface area contributed by atoms with Gasteiger partial charge in [-0.3, -0.25) is 14.6 Å². The van der Waals surface area contributed by atoms with Crippen LogP contribution in [0.2, 0.25) is 0 Å². The maximum absolute atomic E-state index is 15.9. The third-order valence-corrected chi connectivity index (χ3v) is 8.47. The first-order valence-corrected chi connectivity index (χ1v) is 15.4. The van der Waals surface area contributed by atoms with E-state index in [0.29, 0.717) is 42.0 Å². The van der Waals surface area contributed by atoms with Crippen LogP contribution in [0.5, 0.6) is 11.5 Å². The van der Waals surface area contributed by atoms with Crippen LogP contribution in [-0.4, -0.2) is 66.0 Å². The summed E-state index contributed by atoms with van der Waals surface area (Å²) in [6, 6.07) is 18.2. The first-order valence-electron chi connectivity index (χ1n) is 15.4. The van der Waals surface area contributed by atoms with Gasteiger partial charge in [-0.2, -0.15) is 0 Å². The second-order valence-electron chi connectivity index (χ2n) is 12.0. The van der Waals surface area contributed by atoms with Gasteiger partial charge in [-0.15, -0.1) is 0 Å². The van der Waals surface area contributed by atoms with Crippen molar-refractivity contribution in [1.82, 2.24) is 19.4 Å². The van der Waals surface area contributed by atoms with Crippen molar-refractivity contribution in [1.29, 1.82) is 0 Å². The number of rotatable bonds is 10. The quantitative estimate of drug-likeness (QED) is 0.173. The Balaban J connectivity index is 1.35. The van der Waals surface area contributed by atoms with Crippen molar-refractivity contribution in [3.05, 3.63) is 100 Å². The second kappa shape index (κ2) is 11.9. The number of fused-ring (bicyclic) bond motifs is 5. The number of unbranched alkanes of at least 4 members (excludes halogenated alkanes) is 1. The number of amides is 1. The van der Waals surface area contributed by atoms with Crippen LogP contribution in [0.3, 0.4) is 0 Å². The molecule has 9 nitrogen and oxygen atoms in total. The molecule has 1 amide bonds. The summed E-state index contributed by atoms with van der Waals surface area (Å²) in [7, 11) is 5.68. The molecule has 0 spiro atoms. The number of carbonyl (C=O) groups excluding carboxylic acids is 1. The molecule has 0 fully saturated rings. The zero-order valence-electron chi connectivity index (χ0n) is 26.0. The zero-order chi connectivity index (χ0) is 31.9. The average Bonchev–Trinajstić information content (AvgIpc) is 3.42. The van der Waals surface area contributed by atoms with Crippen molar-refractivity contribution < 1.29 is 18.3 Å². The molecule has 1 aliphatic heterocycles. The normalized spacial score (nSPS) is 12.1. The van der Waals surface area contributed by atoms with Crippen LogP contribution in [-0.2, 0) is 6.42 Å². The fourth-order valence-electron chi connectivity index (χ4n) is 6.06. The van der Waals surface area contributed by atoms with Gasteiger partial charge in [0.15, 0.2) is 17.3 Å². The highest BCUT2D eigenvalue weighted by molar-refractivity contribution is 6.07. The van der Waals surface area contributed by atoms with E-state index in [2.05, 4.69) is 15.2 Å². The van der Waals surface area contributed by atoms with E-state index in [1.807, 2.05) is 68.7 Å². The number of likely N-dealkylation sites (N-methyl/N-ethyl adjacent to an activating group) is 1. The van der Waals surface area contributed by atoms with E-state index in [1.54, 1.807) is 24.0 Å². The Hall–Kier alpha value is -5.22. The molecule has 1 aliphatic rings. The molecule has 0 aliphatic carbocycles. The highest BCUT2D eigenvalue weighted by Crippen LogP contribution is 2.47. The number of pyridine rings is 2. The van der Waals surface area contributed by atoms with Gasteiger partial charge in [-0.1, -0.05) is 24.3 Å². The monoisotopic (exact) mass is 619 g/mol. The van der Waals surface area contributed by atoms with Gasteiger partial charge < -0.3 is 28.8 Å². The lowest BCUT2D eigenvalue weighted by atomic mass is 10.0.